The maximum absolute atomic E-state index is 12.6. The number of alkyl halides is 3. The summed E-state index contributed by atoms with van der Waals surface area (Å²) in [5, 5.41) is 18.0. The lowest BCUT2D eigenvalue weighted by Crippen LogP contribution is -2.37. The van der Waals surface area contributed by atoms with E-state index in [4.69, 9.17) is 10.4 Å². The van der Waals surface area contributed by atoms with Gasteiger partial charge in [0, 0.05) is 12.2 Å². The van der Waals surface area contributed by atoms with Gasteiger partial charge in [-0.2, -0.15) is 18.4 Å². The molecule has 0 atom stereocenters. The van der Waals surface area contributed by atoms with Crippen LogP contribution in [0, 0.1) is 11.3 Å². The molecule has 1 aromatic heterocycles. The number of aliphatic hydroxyl groups is 1. The SMILES string of the molecule is N#Cc1cc2c(nc1N(CCO)CC(F)(F)F)CCC2. The molecule has 0 spiro atoms. The summed E-state index contributed by atoms with van der Waals surface area (Å²) >= 11 is 0. The Morgan fingerprint density at radius 1 is 1.40 bits per heavy atom. The number of halogens is 3. The molecule has 1 heterocycles. The van der Waals surface area contributed by atoms with Crippen LogP contribution in [0.1, 0.15) is 23.2 Å². The Morgan fingerprint density at radius 3 is 2.75 bits per heavy atom. The molecule has 0 saturated heterocycles. The van der Waals surface area contributed by atoms with Gasteiger partial charge in [-0.15, -0.1) is 0 Å². The zero-order valence-corrected chi connectivity index (χ0v) is 10.7. The van der Waals surface area contributed by atoms with E-state index in [2.05, 4.69) is 4.98 Å². The monoisotopic (exact) mass is 285 g/mol. The van der Waals surface area contributed by atoms with Crippen molar-refractivity contribution in [2.24, 2.45) is 0 Å². The summed E-state index contributed by atoms with van der Waals surface area (Å²) in [6.07, 6.45) is -2.00. The molecule has 0 amide bonds. The van der Waals surface area contributed by atoms with E-state index < -0.39 is 19.3 Å². The third-order valence-electron chi connectivity index (χ3n) is 3.19. The fourth-order valence-corrected chi connectivity index (χ4v) is 2.38. The Labute approximate surface area is 114 Å². The van der Waals surface area contributed by atoms with E-state index >= 15 is 0 Å². The summed E-state index contributed by atoms with van der Waals surface area (Å²) in [4.78, 5) is 5.13. The van der Waals surface area contributed by atoms with Crippen LogP contribution in [-0.2, 0) is 12.8 Å². The molecule has 1 aliphatic carbocycles. The first-order chi connectivity index (χ1) is 9.44. The number of rotatable bonds is 4. The van der Waals surface area contributed by atoms with Gasteiger partial charge in [0.25, 0.3) is 0 Å². The van der Waals surface area contributed by atoms with Gasteiger partial charge < -0.3 is 10.0 Å². The Morgan fingerprint density at radius 2 is 2.15 bits per heavy atom. The molecule has 1 N–H and O–H groups in total. The van der Waals surface area contributed by atoms with Crippen LogP contribution in [0.3, 0.4) is 0 Å². The molecule has 0 fully saturated rings. The highest BCUT2D eigenvalue weighted by atomic mass is 19.4. The topological polar surface area (TPSA) is 60.2 Å². The fraction of sp³-hybridized carbons (Fsp3) is 0.538. The fourth-order valence-electron chi connectivity index (χ4n) is 2.38. The lowest BCUT2D eigenvalue weighted by atomic mass is 10.1. The highest BCUT2D eigenvalue weighted by Gasteiger charge is 2.32. The van der Waals surface area contributed by atoms with Gasteiger partial charge in [-0.25, -0.2) is 4.98 Å². The molecule has 20 heavy (non-hydrogen) atoms. The molecule has 0 saturated carbocycles. The van der Waals surface area contributed by atoms with E-state index in [0.29, 0.717) is 6.42 Å². The van der Waals surface area contributed by atoms with E-state index in [0.717, 1.165) is 29.0 Å². The van der Waals surface area contributed by atoms with Crippen molar-refractivity contribution in [2.75, 3.05) is 24.6 Å². The van der Waals surface area contributed by atoms with Crippen molar-refractivity contribution >= 4 is 5.82 Å². The minimum atomic E-state index is -4.41. The number of anilines is 1. The molecule has 7 heteroatoms. The van der Waals surface area contributed by atoms with Crippen molar-refractivity contribution in [1.82, 2.24) is 4.98 Å². The summed E-state index contributed by atoms with van der Waals surface area (Å²) in [5.41, 5.74) is 1.81. The number of hydrogen-bond acceptors (Lipinski definition) is 4. The second kappa shape index (κ2) is 5.67. The molecule has 4 nitrogen and oxygen atoms in total. The van der Waals surface area contributed by atoms with Gasteiger partial charge in [-0.05, 0) is 30.9 Å². The second-order valence-electron chi connectivity index (χ2n) is 4.69. The number of nitrogens with zero attached hydrogens (tertiary/aromatic N) is 3. The van der Waals surface area contributed by atoms with Gasteiger partial charge in [0.05, 0.1) is 12.2 Å². The molecule has 1 aliphatic rings. The summed E-state index contributed by atoms with van der Waals surface area (Å²) in [5.74, 6) is 0.0134. The molecular formula is C13H14F3N3O. The Kier molecular flexibility index (Phi) is 4.14. The maximum Gasteiger partial charge on any atom is 0.405 e. The van der Waals surface area contributed by atoms with Crippen LogP contribution in [0.4, 0.5) is 19.0 Å². The highest BCUT2D eigenvalue weighted by Crippen LogP contribution is 2.28. The number of aromatic nitrogens is 1. The molecule has 108 valence electrons. The average molecular weight is 285 g/mol. The maximum atomic E-state index is 12.6. The lowest BCUT2D eigenvalue weighted by molar-refractivity contribution is -0.120. The predicted molar refractivity (Wildman–Crippen MR) is 66.3 cm³/mol. The largest absolute Gasteiger partial charge is 0.405 e. The molecule has 0 bridgehead atoms. The standard InChI is InChI=1S/C13H14F3N3O/c14-13(15,16)8-19(4-5-20)12-10(7-17)6-9-2-1-3-11(9)18-12/h6,20H,1-5,8H2. The van der Waals surface area contributed by atoms with Gasteiger partial charge >= 0.3 is 6.18 Å². The second-order valence-corrected chi connectivity index (χ2v) is 4.69. The predicted octanol–water partition coefficient (Wildman–Crippen LogP) is 1.80. The number of pyridine rings is 1. The van der Waals surface area contributed by atoms with Crippen LogP contribution < -0.4 is 4.90 Å². The molecule has 0 aromatic carbocycles. The van der Waals surface area contributed by atoms with E-state index in [-0.39, 0.29) is 17.9 Å². The summed E-state index contributed by atoms with van der Waals surface area (Å²) in [6.45, 7) is -1.87. The Bertz CT molecular complexity index is 537. The van der Waals surface area contributed by atoms with Gasteiger partial charge in [-0.1, -0.05) is 0 Å². The number of nitriles is 1. The zero-order chi connectivity index (χ0) is 14.8. The van der Waals surface area contributed by atoms with Crippen LogP contribution in [0.2, 0.25) is 0 Å². The van der Waals surface area contributed by atoms with Gasteiger partial charge in [0.1, 0.15) is 18.4 Å². The zero-order valence-electron chi connectivity index (χ0n) is 10.7. The Hall–Kier alpha value is -1.81. The smallest absolute Gasteiger partial charge is 0.395 e. The minimum absolute atomic E-state index is 0.0134. The van der Waals surface area contributed by atoms with Gasteiger partial charge in [-0.3, -0.25) is 0 Å². The van der Waals surface area contributed by atoms with E-state index in [1.807, 2.05) is 6.07 Å². The van der Waals surface area contributed by atoms with Crippen LogP contribution in [0.5, 0.6) is 0 Å². The van der Waals surface area contributed by atoms with Gasteiger partial charge in [0.15, 0.2) is 0 Å². The summed E-state index contributed by atoms with van der Waals surface area (Å²) in [6, 6.07) is 3.51. The number of aryl methyl sites for hydroxylation is 2. The number of fused-ring (bicyclic) bond motifs is 1. The minimum Gasteiger partial charge on any atom is -0.395 e. The molecule has 0 unspecified atom stereocenters. The normalized spacial score (nSPS) is 13.9. The van der Waals surface area contributed by atoms with Crippen LogP contribution in [0.15, 0.2) is 6.07 Å². The Balaban J connectivity index is 2.39. The molecule has 1 aromatic rings. The molecule has 0 aliphatic heterocycles. The first-order valence-electron chi connectivity index (χ1n) is 6.30. The van der Waals surface area contributed by atoms with Crippen molar-refractivity contribution in [3.8, 4) is 6.07 Å². The third-order valence-corrected chi connectivity index (χ3v) is 3.19. The first-order valence-corrected chi connectivity index (χ1v) is 6.30. The van der Waals surface area contributed by atoms with Crippen molar-refractivity contribution in [3.05, 3.63) is 22.9 Å². The lowest BCUT2D eigenvalue weighted by Gasteiger charge is -2.25. The average Bonchev–Trinajstić information content (AvgIpc) is 2.82. The van der Waals surface area contributed by atoms with Crippen LogP contribution >= 0.6 is 0 Å². The van der Waals surface area contributed by atoms with Crippen molar-refractivity contribution < 1.29 is 18.3 Å². The number of aliphatic hydroxyl groups excluding tert-OH is 1. The highest BCUT2D eigenvalue weighted by molar-refractivity contribution is 5.57. The molecular weight excluding hydrogens is 271 g/mol. The van der Waals surface area contributed by atoms with Crippen LogP contribution in [-0.4, -0.2) is 36.0 Å². The number of hydrogen-bond donors (Lipinski definition) is 1. The summed E-state index contributed by atoms with van der Waals surface area (Å²) < 4.78 is 37.8. The quantitative estimate of drug-likeness (QED) is 0.916. The third kappa shape index (κ3) is 3.20. The first kappa shape index (κ1) is 14.6. The molecule has 0 radical (unpaired) electrons. The van der Waals surface area contributed by atoms with Crippen LogP contribution in [0.25, 0.3) is 0 Å². The van der Waals surface area contributed by atoms with Crippen molar-refractivity contribution in [2.45, 2.75) is 25.4 Å². The van der Waals surface area contributed by atoms with E-state index in [1.54, 1.807) is 6.07 Å². The van der Waals surface area contributed by atoms with Gasteiger partial charge in [0.2, 0.25) is 0 Å². The van der Waals surface area contributed by atoms with E-state index in [9.17, 15) is 13.2 Å². The van der Waals surface area contributed by atoms with Crippen molar-refractivity contribution in [3.63, 3.8) is 0 Å². The van der Waals surface area contributed by atoms with Crippen molar-refractivity contribution in [1.29, 1.82) is 5.26 Å². The van der Waals surface area contributed by atoms with E-state index in [1.165, 1.54) is 0 Å². The molecule has 2 rings (SSSR count). The summed E-state index contributed by atoms with van der Waals surface area (Å²) in [7, 11) is 0.